The van der Waals surface area contributed by atoms with E-state index in [-0.39, 0.29) is 41.4 Å². The number of urea groups is 2. The van der Waals surface area contributed by atoms with Crippen LogP contribution in [0.4, 0.5) is 55.1 Å². The number of hydrazine groups is 1. The normalized spacial score (nSPS) is 22.5. The van der Waals surface area contributed by atoms with Crippen LogP contribution in [0.1, 0.15) is 69.2 Å². The Bertz CT molecular complexity index is 3230. The number of hydrogen-bond acceptors (Lipinski definition) is 7. The second-order valence-corrected chi connectivity index (χ2v) is 21.6. The van der Waals surface area contributed by atoms with Gasteiger partial charge in [-0.25, -0.2) is 19.4 Å². The van der Waals surface area contributed by atoms with E-state index in [4.69, 9.17) is 0 Å². The summed E-state index contributed by atoms with van der Waals surface area (Å²) in [6, 6.07) is 38.5. The molecule has 6 aliphatic rings. The molecule has 4 fully saturated rings. The summed E-state index contributed by atoms with van der Waals surface area (Å²) in [5, 5.41) is 17.1. The Kier molecular flexibility index (Phi) is 13.6. The zero-order valence-electron chi connectivity index (χ0n) is 42.9. The number of rotatable bonds is 12. The van der Waals surface area contributed by atoms with Crippen molar-refractivity contribution in [2.75, 3.05) is 43.0 Å². The van der Waals surface area contributed by atoms with Crippen molar-refractivity contribution in [3.8, 4) is 0 Å². The molecule has 0 aromatic heterocycles. The lowest BCUT2D eigenvalue weighted by Crippen LogP contribution is -2.68. The third-order valence-electron chi connectivity index (χ3n) is 15.9. The number of anilines is 8. The molecule has 4 aliphatic carbocycles. The fourth-order valence-electron chi connectivity index (χ4n) is 13.0. The molecule has 16 heteroatoms. The molecule has 0 saturated heterocycles. The van der Waals surface area contributed by atoms with Crippen LogP contribution < -0.4 is 35.2 Å². The SMILES string of the molecule is CC(C)CCN1C(=O)C(NC(=O)N(c2ccccc2)N(C(=O)Nc2cccc(C(=O)O)c2)C2C(=O)N(CC34CC5CC(CC(C5)C3)C4)c3ccccc3N(c3ccccc3)C2=O)C(=O)N(c2ccccc2)c2ccccc21. The standard InChI is InChI=1S/C61H60N8O8/c1-39(2)29-30-64-48-25-12-14-27-50(48)66(45-19-6-3-7-20-45)55(71)52(54(64)70)63-60(77)68(47-23-10-5-11-24-47)69(59(76)62-44-18-16-17-43(34-44)58(74)75)53-56(72)65(38-61-35-40-31-41(36-61)33-42(32-40)37-61)49-26-13-15-28-51(49)67(57(53)73)46-21-8-4-9-22-46/h3-28,34,39-42,52-53H,29-33,35-38H2,1-2H3,(H,62,76)(H,63,77)(H,74,75). The predicted molar refractivity (Wildman–Crippen MR) is 294 cm³/mol. The Labute approximate surface area is 446 Å². The fourth-order valence-corrected chi connectivity index (χ4v) is 13.0. The van der Waals surface area contributed by atoms with Gasteiger partial charge in [-0.05, 0) is 153 Å². The van der Waals surface area contributed by atoms with Gasteiger partial charge in [-0.2, -0.15) is 5.01 Å². The number of amides is 8. The number of fused-ring (bicyclic) bond motifs is 2. The van der Waals surface area contributed by atoms with E-state index in [9.17, 15) is 9.90 Å². The molecule has 6 aromatic carbocycles. The molecule has 4 bridgehead atoms. The molecular weight excluding hydrogens is 973 g/mol. The molecular formula is C61H60N8O8. The Balaban J connectivity index is 1.09. The van der Waals surface area contributed by atoms with Gasteiger partial charge in [0.05, 0.1) is 34.0 Å². The van der Waals surface area contributed by atoms with Crippen LogP contribution in [0.25, 0.3) is 0 Å². The van der Waals surface area contributed by atoms with Crippen LogP contribution in [0.3, 0.4) is 0 Å². The van der Waals surface area contributed by atoms with Gasteiger partial charge in [-0.3, -0.25) is 29.0 Å². The maximum absolute atomic E-state index is 16.5. The number of aromatic carboxylic acids is 1. The topological polar surface area (TPSA) is 183 Å². The van der Waals surface area contributed by atoms with Crippen molar-refractivity contribution >= 4 is 87.2 Å². The van der Waals surface area contributed by atoms with Gasteiger partial charge < -0.3 is 25.5 Å². The number of nitrogens with one attached hydrogen (secondary N) is 2. The first-order valence-electron chi connectivity index (χ1n) is 26.5. The second kappa shape index (κ2) is 20.7. The lowest BCUT2D eigenvalue weighted by molar-refractivity contribution is -0.133. The summed E-state index contributed by atoms with van der Waals surface area (Å²) in [7, 11) is 0. The van der Waals surface area contributed by atoms with Gasteiger partial charge in [0, 0.05) is 30.2 Å². The van der Waals surface area contributed by atoms with Gasteiger partial charge in [0.1, 0.15) is 0 Å². The highest BCUT2D eigenvalue weighted by molar-refractivity contribution is 6.26. The average molecular weight is 1030 g/mol. The Hall–Kier alpha value is -8.79. The van der Waals surface area contributed by atoms with Crippen molar-refractivity contribution in [2.24, 2.45) is 29.1 Å². The molecule has 2 atom stereocenters. The molecule has 6 aromatic rings. The van der Waals surface area contributed by atoms with Crippen LogP contribution >= 0.6 is 0 Å². The number of carbonyl (C=O) groups is 7. The van der Waals surface area contributed by atoms with Gasteiger partial charge >= 0.3 is 18.0 Å². The Morgan fingerprint density at radius 2 is 1.09 bits per heavy atom. The lowest BCUT2D eigenvalue weighted by Gasteiger charge is -2.58. The van der Waals surface area contributed by atoms with Crippen LogP contribution in [-0.2, 0) is 19.2 Å². The predicted octanol–water partition coefficient (Wildman–Crippen LogP) is 10.8. The first kappa shape index (κ1) is 50.4. The Morgan fingerprint density at radius 3 is 1.64 bits per heavy atom. The highest BCUT2D eigenvalue weighted by Gasteiger charge is 2.56. The number of nitrogens with zero attached hydrogens (tertiary/aromatic N) is 6. The lowest BCUT2D eigenvalue weighted by atomic mass is 9.49. The number of carboxylic acid groups (broad SMARTS) is 1. The molecule has 2 aliphatic heterocycles. The summed E-state index contributed by atoms with van der Waals surface area (Å²) in [5.74, 6) is -2.89. The van der Waals surface area contributed by atoms with Gasteiger partial charge in [-0.15, -0.1) is 0 Å². The van der Waals surface area contributed by atoms with E-state index in [0.29, 0.717) is 58.3 Å². The molecule has 0 spiro atoms. The summed E-state index contributed by atoms with van der Waals surface area (Å²) < 4.78 is 0. The van der Waals surface area contributed by atoms with E-state index < -0.39 is 53.7 Å². The number of carbonyl (C=O) groups excluding carboxylic acids is 6. The zero-order valence-corrected chi connectivity index (χ0v) is 42.9. The number of carboxylic acids is 1. The van der Waals surface area contributed by atoms with Crippen molar-refractivity contribution < 1.29 is 38.7 Å². The molecule has 12 rings (SSSR count). The van der Waals surface area contributed by atoms with Crippen molar-refractivity contribution in [3.05, 3.63) is 169 Å². The van der Waals surface area contributed by atoms with E-state index in [2.05, 4.69) is 10.6 Å². The molecule has 77 heavy (non-hydrogen) atoms. The first-order chi connectivity index (χ1) is 37.3. The molecule has 3 N–H and O–H groups in total. The summed E-state index contributed by atoms with van der Waals surface area (Å²) in [6.07, 6.45) is 6.66. The maximum atomic E-state index is 16.5. The summed E-state index contributed by atoms with van der Waals surface area (Å²) in [6.45, 7) is 4.45. The minimum Gasteiger partial charge on any atom is -0.478 e. The van der Waals surface area contributed by atoms with E-state index in [1.807, 2.05) is 13.8 Å². The van der Waals surface area contributed by atoms with Crippen LogP contribution in [0.2, 0.25) is 0 Å². The monoisotopic (exact) mass is 1030 g/mol. The average Bonchev–Trinajstić information content (AvgIpc) is 3.68. The quantitative estimate of drug-likeness (QED) is 0.0799. The highest BCUT2D eigenvalue weighted by Crippen LogP contribution is 2.61. The molecule has 392 valence electrons. The molecule has 8 amide bonds. The van der Waals surface area contributed by atoms with Crippen LogP contribution in [-0.4, -0.2) is 76.9 Å². The molecule has 2 unspecified atom stereocenters. The van der Waals surface area contributed by atoms with Crippen molar-refractivity contribution in [1.29, 1.82) is 0 Å². The smallest absolute Gasteiger partial charge is 0.342 e. The van der Waals surface area contributed by atoms with Crippen molar-refractivity contribution in [3.63, 3.8) is 0 Å². The molecule has 16 nitrogen and oxygen atoms in total. The minimum absolute atomic E-state index is 0.0194. The molecule has 0 radical (unpaired) electrons. The number of para-hydroxylation sites is 7. The fraction of sp³-hybridized carbons (Fsp3) is 0.295. The Morgan fingerprint density at radius 1 is 0.584 bits per heavy atom. The van der Waals surface area contributed by atoms with Crippen LogP contribution in [0, 0.1) is 29.1 Å². The van der Waals surface area contributed by atoms with Gasteiger partial charge in [0.2, 0.25) is 6.04 Å². The van der Waals surface area contributed by atoms with Gasteiger partial charge in [-0.1, -0.05) is 98.8 Å². The van der Waals surface area contributed by atoms with Crippen LogP contribution in [0.15, 0.2) is 164 Å². The van der Waals surface area contributed by atoms with Gasteiger partial charge in [0.25, 0.3) is 23.6 Å². The largest absolute Gasteiger partial charge is 0.478 e. The van der Waals surface area contributed by atoms with Crippen molar-refractivity contribution in [2.45, 2.75) is 70.9 Å². The van der Waals surface area contributed by atoms with Crippen molar-refractivity contribution in [1.82, 2.24) is 10.3 Å². The zero-order chi connectivity index (χ0) is 53.5. The molecule has 2 heterocycles. The van der Waals surface area contributed by atoms with E-state index in [0.717, 1.165) is 48.5 Å². The van der Waals surface area contributed by atoms with Gasteiger partial charge in [0.15, 0.2) is 6.04 Å². The summed E-state index contributed by atoms with van der Waals surface area (Å²) in [5.41, 5.74) is 1.94. The maximum Gasteiger partial charge on any atom is 0.342 e. The third-order valence-corrected chi connectivity index (χ3v) is 15.9. The molecule has 4 saturated carbocycles. The van der Waals surface area contributed by atoms with E-state index in [1.54, 1.807) is 132 Å². The third kappa shape index (κ3) is 9.64. The first-order valence-corrected chi connectivity index (χ1v) is 26.5. The minimum atomic E-state index is -2.15. The van der Waals surface area contributed by atoms with Crippen LogP contribution in [0.5, 0.6) is 0 Å². The second-order valence-electron chi connectivity index (χ2n) is 21.6. The van der Waals surface area contributed by atoms with E-state index >= 15 is 28.8 Å². The summed E-state index contributed by atoms with van der Waals surface area (Å²) >= 11 is 0. The van der Waals surface area contributed by atoms with E-state index in [1.165, 1.54) is 51.1 Å². The summed E-state index contributed by atoms with van der Waals surface area (Å²) in [4.78, 5) is 114. The number of benzene rings is 6. The highest BCUT2D eigenvalue weighted by atomic mass is 16.4. The number of hydrogen-bond donors (Lipinski definition) is 3.